The molecule has 1 aromatic carbocycles. The first-order valence-corrected chi connectivity index (χ1v) is 7.95. The number of anilines is 1. The van der Waals surface area contributed by atoms with Gasteiger partial charge in [0.1, 0.15) is 18.6 Å². The Morgan fingerprint density at radius 3 is 2.91 bits per heavy atom. The van der Waals surface area contributed by atoms with Crippen LogP contribution in [0.3, 0.4) is 0 Å². The van der Waals surface area contributed by atoms with E-state index in [1.807, 2.05) is 0 Å². The number of rotatable bonds is 6. The first-order valence-electron chi connectivity index (χ1n) is 7.22. The molecule has 1 aromatic heterocycles. The molecule has 8 heteroatoms. The Morgan fingerprint density at radius 1 is 1.35 bits per heavy atom. The average Bonchev–Trinajstić information content (AvgIpc) is 3.09. The quantitative estimate of drug-likeness (QED) is 0.745. The molecule has 1 aliphatic heterocycles. The third-order valence-corrected chi connectivity index (χ3v) is 4.06. The monoisotopic (exact) mass is 335 g/mol. The fourth-order valence-corrected chi connectivity index (χ4v) is 2.89. The summed E-state index contributed by atoms with van der Waals surface area (Å²) in [6.07, 6.45) is 0.798. The first-order chi connectivity index (χ1) is 11.3. The van der Waals surface area contributed by atoms with Gasteiger partial charge in [0.2, 0.25) is 5.82 Å². The summed E-state index contributed by atoms with van der Waals surface area (Å²) in [5, 5.41) is 0. The lowest BCUT2D eigenvalue weighted by Crippen LogP contribution is -2.36. The van der Waals surface area contributed by atoms with Gasteiger partial charge >= 0.3 is 0 Å². The van der Waals surface area contributed by atoms with Gasteiger partial charge in [0.25, 0.3) is 5.88 Å². The highest BCUT2D eigenvalue weighted by Crippen LogP contribution is 2.28. The zero-order valence-electron chi connectivity index (χ0n) is 12.7. The number of aldehydes is 1. The lowest BCUT2D eigenvalue weighted by Gasteiger charge is -2.26. The van der Waals surface area contributed by atoms with Crippen molar-refractivity contribution in [1.29, 1.82) is 0 Å². The van der Waals surface area contributed by atoms with Crippen molar-refractivity contribution < 1.29 is 19.0 Å². The Kier molecular flexibility index (Phi) is 5.04. The van der Waals surface area contributed by atoms with E-state index >= 15 is 0 Å². The zero-order chi connectivity index (χ0) is 16.1. The van der Waals surface area contributed by atoms with Crippen molar-refractivity contribution in [1.82, 2.24) is 8.75 Å². The number of hydrogen-bond acceptors (Lipinski definition) is 8. The highest BCUT2D eigenvalue weighted by molar-refractivity contribution is 6.99. The molecule has 0 bridgehead atoms. The predicted molar refractivity (Wildman–Crippen MR) is 85.7 cm³/mol. The molecule has 23 heavy (non-hydrogen) atoms. The van der Waals surface area contributed by atoms with Crippen molar-refractivity contribution in [3.63, 3.8) is 0 Å². The molecule has 0 unspecified atom stereocenters. The molecule has 0 spiro atoms. The fraction of sp³-hybridized carbons (Fsp3) is 0.400. The molecule has 0 saturated carbocycles. The third kappa shape index (κ3) is 3.59. The van der Waals surface area contributed by atoms with Crippen LogP contribution in [0.4, 0.5) is 5.82 Å². The van der Waals surface area contributed by atoms with E-state index < -0.39 is 0 Å². The van der Waals surface area contributed by atoms with Gasteiger partial charge in [-0.2, -0.15) is 4.37 Å². The smallest absolute Gasteiger partial charge is 0.271 e. The molecule has 2 heterocycles. The Balaban J connectivity index is 1.74. The highest BCUT2D eigenvalue weighted by Gasteiger charge is 2.20. The number of hydrogen-bond donors (Lipinski definition) is 0. The van der Waals surface area contributed by atoms with Crippen LogP contribution in [0.2, 0.25) is 0 Å². The summed E-state index contributed by atoms with van der Waals surface area (Å²) in [6, 6.07) is 5.21. The molecule has 0 aliphatic carbocycles. The maximum Gasteiger partial charge on any atom is 0.271 e. The second kappa shape index (κ2) is 7.38. The molecule has 2 aromatic rings. The Morgan fingerprint density at radius 2 is 2.17 bits per heavy atom. The van der Waals surface area contributed by atoms with E-state index in [4.69, 9.17) is 14.2 Å². The molecular formula is C15H17N3O4S. The van der Waals surface area contributed by atoms with Gasteiger partial charge in [-0.05, 0) is 18.2 Å². The largest absolute Gasteiger partial charge is 0.496 e. The number of carbonyl (C=O) groups is 1. The van der Waals surface area contributed by atoms with Gasteiger partial charge in [-0.15, -0.1) is 4.37 Å². The van der Waals surface area contributed by atoms with Gasteiger partial charge in [0.15, 0.2) is 0 Å². The minimum atomic E-state index is 0.258. The van der Waals surface area contributed by atoms with E-state index in [1.165, 1.54) is 0 Å². The third-order valence-electron chi connectivity index (χ3n) is 3.56. The SMILES string of the molecule is COc1ccc(C=O)cc1COc1nsnc1N1CCOCC1. The van der Waals surface area contributed by atoms with Crippen LogP contribution in [-0.4, -0.2) is 48.4 Å². The van der Waals surface area contributed by atoms with Crippen molar-refractivity contribution in [2.24, 2.45) is 0 Å². The second-order valence-electron chi connectivity index (χ2n) is 4.97. The van der Waals surface area contributed by atoms with Crippen molar-refractivity contribution in [2.75, 3.05) is 38.3 Å². The van der Waals surface area contributed by atoms with Crippen LogP contribution in [0, 0.1) is 0 Å². The minimum Gasteiger partial charge on any atom is -0.496 e. The highest BCUT2D eigenvalue weighted by atomic mass is 32.1. The summed E-state index contributed by atoms with van der Waals surface area (Å²) in [5.41, 5.74) is 1.37. The van der Waals surface area contributed by atoms with E-state index in [-0.39, 0.29) is 6.61 Å². The summed E-state index contributed by atoms with van der Waals surface area (Å²) in [6.45, 7) is 3.14. The van der Waals surface area contributed by atoms with E-state index in [9.17, 15) is 4.79 Å². The Hall–Kier alpha value is -2.19. The number of nitrogens with zero attached hydrogens (tertiary/aromatic N) is 3. The van der Waals surface area contributed by atoms with Gasteiger partial charge in [0.05, 0.1) is 32.1 Å². The molecule has 0 N–H and O–H groups in total. The molecular weight excluding hydrogens is 318 g/mol. The Bertz CT molecular complexity index is 670. The number of ether oxygens (including phenoxy) is 3. The predicted octanol–water partition coefficient (Wildman–Crippen LogP) is 1.77. The average molecular weight is 335 g/mol. The van der Waals surface area contributed by atoms with Crippen molar-refractivity contribution in [3.8, 4) is 11.6 Å². The maximum absolute atomic E-state index is 10.9. The number of methoxy groups -OCH3 is 1. The molecule has 3 rings (SSSR count). The number of aromatic nitrogens is 2. The van der Waals surface area contributed by atoms with Crippen LogP contribution in [-0.2, 0) is 11.3 Å². The second-order valence-corrected chi connectivity index (χ2v) is 5.50. The topological polar surface area (TPSA) is 73.8 Å². The normalized spacial score (nSPS) is 14.6. The van der Waals surface area contributed by atoms with Gasteiger partial charge in [-0.3, -0.25) is 4.79 Å². The lowest BCUT2D eigenvalue weighted by atomic mass is 10.1. The van der Waals surface area contributed by atoms with E-state index in [1.54, 1.807) is 25.3 Å². The van der Waals surface area contributed by atoms with Crippen LogP contribution in [0.1, 0.15) is 15.9 Å². The Labute approximate surface area is 138 Å². The standard InChI is InChI=1S/C15H17N3O4S/c1-20-13-3-2-11(9-19)8-12(13)10-22-15-14(16-23-17-15)18-4-6-21-7-5-18/h2-3,8-9H,4-7,10H2,1H3. The van der Waals surface area contributed by atoms with Crippen molar-refractivity contribution in [2.45, 2.75) is 6.61 Å². The number of benzene rings is 1. The molecule has 0 radical (unpaired) electrons. The molecule has 0 amide bonds. The van der Waals surface area contributed by atoms with Crippen molar-refractivity contribution in [3.05, 3.63) is 29.3 Å². The van der Waals surface area contributed by atoms with Crippen LogP contribution < -0.4 is 14.4 Å². The molecule has 1 aliphatic rings. The minimum absolute atomic E-state index is 0.258. The molecule has 122 valence electrons. The van der Waals surface area contributed by atoms with E-state index in [0.717, 1.165) is 42.5 Å². The fourth-order valence-electron chi connectivity index (χ4n) is 2.37. The molecule has 1 saturated heterocycles. The van der Waals surface area contributed by atoms with E-state index in [0.29, 0.717) is 30.4 Å². The summed E-state index contributed by atoms with van der Waals surface area (Å²) in [7, 11) is 1.59. The van der Waals surface area contributed by atoms with Crippen LogP contribution in [0.25, 0.3) is 0 Å². The van der Waals surface area contributed by atoms with Crippen molar-refractivity contribution >= 4 is 23.8 Å². The number of morpholine rings is 1. The van der Waals surface area contributed by atoms with Gasteiger partial charge in [-0.1, -0.05) is 0 Å². The zero-order valence-corrected chi connectivity index (χ0v) is 13.5. The molecule has 1 fully saturated rings. The van der Waals surface area contributed by atoms with Crippen LogP contribution in [0.5, 0.6) is 11.6 Å². The van der Waals surface area contributed by atoms with Gasteiger partial charge in [0, 0.05) is 24.2 Å². The summed E-state index contributed by atoms with van der Waals surface area (Å²) < 4.78 is 25.0. The van der Waals surface area contributed by atoms with Gasteiger partial charge < -0.3 is 19.1 Å². The molecule has 0 atom stereocenters. The summed E-state index contributed by atoms with van der Waals surface area (Å²) >= 11 is 1.12. The lowest BCUT2D eigenvalue weighted by molar-refractivity contribution is 0.112. The summed E-state index contributed by atoms with van der Waals surface area (Å²) in [5.74, 6) is 1.91. The first kappa shape index (κ1) is 15.7. The maximum atomic E-state index is 10.9. The van der Waals surface area contributed by atoms with Crippen LogP contribution >= 0.6 is 11.7 Å². The van der Waals surface area contributed by atoms with Gasteiger partial charge in [-0.25, -0.2) is 0 Å². The van der Waals surface area contributed by atoms with E-state index in [2.05, 4.69) is 13.6 Å². The summed E-state index contributed by atoms with van der Waals surface area (Å²) in [4.78, 5) is 13.0. The molecule has 7 nitrogen and oxygen atoms in total. The van der Waals surface area contributed by atoms with Crippen LogP contribution in [0.15, 0.2) is 18.2 Å². The number of carbonyl (C=O) groups excluding carboxylic acids is 1.